The summed E-state index contributed by atoms with van der Waals surface area (Å²) in [5.74, 6) is 2.17. The summed E-state index contributed by atoms with van der Waals surface area (Å²) < 4.78 is 59.9. The molecule has 4 atom stereocenters. The average Bonchev–Trinajstić information content (AvgIpc) is 3.84. The standard InChI is InChI=1S/C40H52N2O12/c1-45-30-20-26-27(21-31(30)46-2)36(28-22-50-39(44)35(28)34(26)25-9-10-29-32(19-25)53-24-52-29)54-40-38(37(48-4)33(47-3)23-51-40)49-18-8-6-5-7-11-41-12-14-42(15-13-41)16-17-43/h9-10,19-21,33,37-38,40,43H,5-8,11-18,22-24H2,1-4H3/t33-,37+,38-,40+/m1/s1. The molecule has 14 nitrogen and oxygen atoms in total. The Morgan fingerprint density at radius 1 is 0.778 bits per heavy atom. The highest BCUT2D eigenvalue weighted by Gasteiger charge is 2.45. The molecule has 4 aliphatic heterocycles. The SMILES string of the molecule is COc1cc2c(O[C@@H]3OC[C@@H](OC)[C@H](OC)[C@H]3OCCCCCCN3CCN(CCO)CC3)c3c(c(-c4ccc5c(c4)OCO5)c2cc1OC)C(=O)OC3. The van der Waals surface area contributed by atoms with Crippen molar-refractivity contribution in [2.45, 2.75) is 56.9 Å². The number of carbonyl (C=O) groups is 1. The Morgan fingerprint density at radius 2 is 1.50 bits per heavy atom. The second-order valence-electron chi connectivity index (χ2n) is 13.9. The number of esters is 1. The van der Waals surface area contributed by atoms with Crippen LogP contribution in [0.4, 0.5) is 0 Å². The molecular formula is C40H52N2O12. The fraction of sp³-hybridized carbons (Fsp3) is 0.575. The molecule has 0 bridgehead atoms. The molecule has 4 heterocycles. The maximum absolute atomic E-state index is 13.6. The molecule has 14 heteroatoms. The number of fused-ring (bicyclic) bond motifs is 3. The molecule has 294 valence electrons. The number of aliphatic hydroxyl groups excluding tert-OH is 1. The summed E-state index contributed by atoms with van der Waals surface area (Å²) >= 11 is 0. The molecule has 7 rings (SSSR count). The van der Waals surface area contributed by atoms with Crippen LogP contribution >= 0.6 is 0 Å². The molecule has 54 heavy (non-hydrogen) atoms. The predicted octanol–water partition coefficient (Wildman–Crippen LogP) is 4.24. The monoisotopic (exact) mass is 752 g/mol. The number of ether oxygens (including phenoxy) is 10. The van der Waals surface area contributed by atoms with Crippen LogP contribution < -0.4 is 23.7 Å². The van der Waals surface area contributed by atoms with E-state index in [0.29, 0.717) is 62.8 Å². The van der Waals surface area contributed by atoms with Gasteiger partial charge in [0.2, 0.25) is 13.1 Å². The third kappa shape index (κ3) is 7.92. The predicted molar refractivity (Wildman–Crippen MR) is 198 cm³/mol. The fourth-order valence-corrected chi connectivity index (χ4v) is 7.91. The van der Waals surface area contributed by atoms with Gasteiger partial charge in [0.05, 0.1) is 33.0 Å². The second-order valence-corrected chi connectivity index (χ2v) is 13.9. The van der Waals surface area contributed by atoms with Gasteiger partial charge in [0.15, 0.2) is 23.0 Å². The Balaban J connectivity index is 1.13. The lowest BCUT2D eigenvalue weighted by Gasteiger charge is -2.41. The summed E-state index contributed by atoms with van der Waals surface area (Å²) in [7, 11) is 6.41. The first kappa shape index (κ1) is 38.4. The van der Waals surface area contributed by atoms with Crippen LogP contribution in [0.25, 0.3) is 21.9 Å². The summed E-state index contributed by atoms with van der Waals surface area (Å²) in [5, 5.41) is 10.6. The zero-order valence-electron chi connectivity index (χ0n) is 31.6. The lowest BCUT2D eigenvalue weighted by molar-refractivity contribution is -0.264. The molecule has 0 unspecified atom stereocenters. The molecule has 2 fully saturated rings. The largest absolute Gasteiger partial charge is 0.493 e. The Hall–Kier alpha value is -3.89. The number of β-amino-alcohol motifs (C(OH)–C–C–N with tert-alkyl or cyclic N) is 1. The number of nitrogens with zero attached hydrogens (tertiary/aromatic N) is 2. The van der Waals surface area contributed by atoms with Crippen LogP contribution in [0, 0.1) is 0 Å². The quantitative estimate of drug-likeness (QED) is 0.156. The number of piperazine rings is 1. The highest BCUT2D eigenvalue weighted by Crippen LogP contribution is 2.50. The smallest absolute Gasteiger partial charge is 0.339 e. The van der Waals surface area contributed by atoms with E-state index in [9.17, 15) is 9.90 Å². The molecule has 1 N–H and O–H groups in total. The van der Waals surface area contributed by atoms with Crippen molar-refractivity contribution in [3.8, 4) is 39.9 Å². The van der Waals surface area contributed by atoms with Gasteiger partial charge in [-0.3, -0.25) is 4.90 Å². The van der Waals surface area contributed by atoms with E-state index in [2.05, 4.69) is 9.80 Å². The van der Waals surface area contributed by atoms with Crippen molar-refractivity contribution in [1.82, 2.24) is 9.80 Å². The summed E-state index contributed by atoms with van der Waals surface area (Å²) in [5.41, 5.74) is 2.38. The highest BCUT2D eigenvalue weighted by molar-refractivity contribution is 6.14. The number of rotatable bonds is 17. The average molecular weight is 753 g/mol. The maximum atomic E-state index is 13.6. The minimum Gasteiger partial charge on any atom is -0.493 e. The van der Waals surface area contributed by atoms with Gasteiger partial charge in [-0.15, -0.1) is 0 Å². The summed E-state index contributed by atoms with van der Waals surface area (Å²) in [6.07, 6.45) is 1.74. The molecular weight excluding hydrogens is 700 g/mol. The van der Waals surface area contributed by atoms with Gasteiger partial charge in [0, 0.05) is 70.1 Å². The third-order valence-corrected chi connectivity index (χ3v) is 10.8. The second kappa shape index (κ2) is 17.7. The Morgan fingerprint density at radius 3 is 2.22 bits per heavy atom. The first-order valence-corrected chi connectivity index (χ1v) is 18.8. The van der Waals surface area contributed by atoms with Gasteiger partial charge in [0.25, 0.3) is 0 Å². The van der Waals surface area contributed by atoms with Crippen LogP contribution in [0.5, 0.6) is 28.7 Å². The number of benzene rings is 3. The molecule has 0 saturated carbocycles. The van der Waals surface area contributed by atoms with Crippen molar-refractivity contribution < 1.29 is 57.3 Å². The summed E-state index contributed by atoms with van der Waals surface area (Å²) in [4.78, 5) is 18.4. The molecule has 0 radical (unpaired) electrons. The Labute approximate surface area is 316 Å². The van der Waals surface area contributed by atoms with E-state index >= 15 is 0 Å². The lowest BCUT2D eigenvalue weighted by atomic mass is 9.89. The van der Waals surface area contributed by atoms with E-state index in [1.54, 1.807) is 28.4 Å². The van der Waals surface area contributed by atoms with Crippen LogP contribution in [0.15, 0.2) is 30.3 Å². The van der Waals surface area contributed by atoms with Crippen LogP contribution in [0.2, 0.25) is 0 Å². The number of carbonyl (C=O) groups excluding carboxylic acids is 1. The van der Waals surface area contributed by atoms with E-state index in [4.69, 9.17) is 47.4 Å². The van der Waals surface area contributed by atoms with Crippen molar-refractivity contribution in [2.24, 2.45) is 0 Å². The number of aliphatic hydroxyl groups is 1. The molecule has 0 amide bonds. The molecule has 2 saturated heterocycles. The van der Waals surface area contributed by atoms with Crippen LogP contribution in [-0.4, -0.2) is 140 Å². The highest BCUT2D eigenvalue weighted by atomic mass is 16.7. The van der Waals surface area contributed by atoms with Crippen LogP contribution in [0.1, 0.15) is 41.6 Å². The van der Waals surface area contributed by atoms with Crippen molar-refractivity contribution in [1.29, 1.82) is 0 Å². The van der Waals surface area contributed by atoms with E-state index in [1.165, 1.54) is 0 Å². The van der Waals surface area contributed by atoms with Crippen molar-refractivity contribution in [2.75, 3.05) is 94.3 Å². The van der Waals surface area contributed by atoms with Crippen LogP contribution in [-0.2, 0) is 30.3 Å². The third-order valence-electron chi connectivity index (χ3n) is 10.8. The van der Waals surface area contributed by atoms with Gasteiger partial charge in [-0.05, 0) is 54.6 Å². The van der Waals surface area contributed by atoms with Crippen molar-refractivity contribution in [3.63, 3.8) is 0 Å². The normalized spacial score (nSPS) is 22.7. The molecule has 0 spiro atoms. The number of cyclic esters (lactones) is 1. The molecule has 3 aromatic carbocycles. The van der Waals surface area contributed by atoms with Gasteiger partial charge in [-0.1, -0.05) is 18.9 Å². The maximum Gasteiger partial charge on any atom is 0.339 e. The summed E-state index contributed by atoms with van der Waals surface area (Å²) in [6, 6.07) is 9.29. The molecule has 0 aromatic heterocycles. The minimum absolute atomic E-state index is 0.0102. The van der Waals surface area contributed by atoms with E-state index < -0.39 is 24.5 Å². The topological polar surface area (TPSA) is 136 Å². The molecule has 0 aliphatic carbocycles. The fourth-order valence-electron chi connectivity index (χ4n) is 7.91. The zero-order chi connectivity index (χ0) is 37.6. The van der Waals surface area contributed by atoms with Crippen LogP contribution in [0.3, 0.4) is 0 Å². The molecule has 3 aromatic rings. The summed E-state index contributed by atoms with van der Waals surface area (Å²) in [6.45, 7) is 7.01. The Bertz CT molecular complexity index is 1760. The minimum atomic E-state index is -0.890. The van der Waals surface area contributed by atoms with Gasteiger partial charge < -0.3 is 57.4 Å². The van der Waals surface area contributed by atoms with Gasteiger partial charge in [-0.2, -0.15) is 0 Å². The van der Waals surface area contributed by atoms with Gasteiger partial charge >= 0.3 is 5.97 Å². The van der Waals surface area contributed by atoms with Gasteiger partial charge in [0.1, 0.15) is 30.7 Å². The molecule has 4 aliphatic rings. The lowest BCUT2D eigenvalue weighted by Crippen LogP contribution is -2.57. The number of hydrogen-bond acceptors (Lipinski definition) is 14. The van der Waals surface area contributed by atoms with Crippen molar-refractivity contribution in [3.05, 3.63) is 41.5 Å². The van der Waals surface area contributed by atoms with Crippen molar-refractivity contribution >= 4 is 16.7 Å². The first-order valence-electron chi connectivity index (χ1n) is 18.8. The zero-order valence-corrected chi connectivity index (χ0v) is 31.6. The first-order chi connectivity index (χ1) is 26.5. The number of methoxy groups -OCH3 is 4. The van der Waals surface area contributed by atoms with E-state index in [1.807, 2.05) is 30.3 Å². The number of hydrogen-bond donors (Lipinski definition) is 1. The Kier molecular flexibility index (Phi) is 12.6. The van der Waals surface area contributed by atoms with E-state index in [-0.39, 0.29) is 32.7 Å². The number of unbranched alkanes of at least 4 members (excludes halogenated alkanes) is 3. The van der Waals surface area contributed by atoms with Gasteiger partial charge in [-0.25, -0.2) is 4.79 Å². The van der Waals surface area contributed by atoms with E-state index in [0.717, 1.165) is 70.5 Å².